The monoisotopic (exact) mass is 366 g/mol. The van der Waals surface area contributed by atoms with Crippen molar-refractivity contribution in [3.8, 4) is 6.07 Å². The predicted molar refractivity (Wildman–Crippen MR) is 89.4 cm³/mol. The summed E-state index contributed by atoms with van der Waals surface area (Å²) in [7, 11) is 0. The van der Waals surface area contributed by atoms with Crippen LogP contribution in [0.25, 0.3) is 0 Å². The first-order chi connectivity index (χ1) is 10.3. The van der Waals surface area contributed by atoms with E-state index in [1.54, 1.807) is 4.90 Å². The molecule has 2 aliphatic rings. The van der Waals surface area contributed by atoms with Crippen LogP contribution in [0.3, 0.4) is 0 Å². The maximum atomic E-state index is 12.1. The van der Waals surface area contributed by atoms with Gasteiger partial charge in [0.05, 0.1) is 11.5 Å². The lowest BCUT2D eigenvalue weighted by molar-refractivity contribution is 0.0169. The molecule has 0 aromatic rings. The molecule has 120 valence electrons. The van der Waals surface area contributed by atoms with Gasteiger partial charge >= 0.3 is 6.09 Å². The fourth-order valence-corrected chi connectivity index (χ4v) is 3.34. The first-order valence-electron chi connectivity index (χ1n) is 7.72. The molecule has 5 heteroatoms. The third-order valence-electron chi connectivity index (χ3n) is 4.09. The highest BCUT2D eigenvalue weighted by Crippen LogP contribution is 2.42. The lowest BCUT2D eigenvalue weighted by atomic mass is 9.72. The van der Waals surface area contributed by atoms with E-state index in [0.717, 1.165) is 22.9 Å². The van der Waals surface area contributed by atoms with Crippen molar-refractivity contribution in [1.29, 1.82) is 5.26 Å². The molecule has 0 aromatic heterocycles. The molecule has 0 aromatic carbocycles. The average Bonchev–Trinajstić information content (AvgIpc) is 2.45. The number of rotatable bonds is 1. The van der Waals surface area contributed by atoms with Crippen LogP contribution in [-0.2, 0) is 4.74 Å². The van der Waals surface area contributed by atoms with Gasteiger partial charge in [-0.05, 0) is 62.6 Å². The molecule has 0 N–H and O–H groups in total. The van der Waals surface area contributed by atoms with Gasteiger partial charge in [-0.15, -0.1) is 0 Å². The molecule has 1 fully saturated rings. The Morgan fingerprint density at radius 1 is 1.41 bits per heavy atom. The van der Waals surface area contributed by atoms with E-state index < -0.39 is 11.0 Å². The first-order valence-corrected chi connectivity index (χ1v) is 8.51. The fraction of sp³-hybridized carbons (Fsp3) is 0.647. The Bertz CT molecular complexity index is 544. The molecular formula is C17H23BrN2O2. The number of hydrogen-bond donors (Lipinski definition) is 0. The average molecular weight is 367 g/mol. The van der Waals surface area contributed by atoms with Gasteiger partial charge in [-0.25, -0.2) is 4.79 Å². The number of ether oxygens (including phenoxy) is 1. The van der Waals surface area contributed by atoms with Crippen LogP contribution in [0.1, 0.15) is 46.5 Å². The van der Waals surface area contributed by atoms with Crippen molar-refractivity contribution in [3.05, 3.63) is 22.2 Å². The molecule has 2 rings (SSSR count). The highest BCUT2D eigenvalue weighted by molar-refractivity contribution is 9.11. The summed E-state index contributed by atoms with van der Waals surface area (Å²) in [6.07, 6.45) is 7.23. The molecule has 1 aliphatic carbocycles. The minimum atomic E-state index is -0.486. The van der Waals surface area contributed by atoms with Crippen LogP contribution in [0.2, 0.25) is 0 Å². The van der Waals surface area contributed by atoms with E-state index in [0.29, 0.717) is 25.9 Å². The second-order valence-electron chi connectivity index (χ2n) is 6.95. The van der Waals surface area contributed by atoms with E-state index >= 15 is 0 Å². The van der Waals surface area contributed by atoms with Gasteiger partial charge in [0.25, 0.3) is 0 Å². The highest BCUT2D eigenvalue weighted by atomic mass is 79.9. The number of hydrogen-bond acceptors (Lipinski definition) is 3. The zero-order chi connectivity index (χ0) is 16.4. The normalized spacial score (nSPS) is 21.5. The fourth-order valence-electron chi connectivity index (χ4n) is 2.86. The lowest BCUT2D eigenvalue weighted by Crippen LogP contribution is -2.45. The van der Waals surface area contributed by atoms with Crippen LogP contribution in [0.5, 0.6) is 0 Å². The molecular weight excluding hydrogens is 344 g/mol. The number of nitriles is 1. The third-order valence-corrected chi connectivity index (χ3v) is 4.72. The van der Waals surface area contributed by atoms with Crippen LogP contribution in [0.15, 0.2) is 22.2 Å². The highest BCUT2D eigenvalue weighted by Gasteiger charge is 2.39. The maximum absolute atomic E-state index is 12.1. The Morgan fingerprint density at radius 3 is 2.55 bits per heavy atom. The summed E-state index contributed by atoms with van der Waals surface area (Å²) in [6, 6.07) is 2.50. The van der Waals surface area contributed by atoms with E-state index in [1.165, 1.54) is 0 Å². The summed E-state index contributed by atoms with van der Waals surface area (Å²) >= 11 is 3.54. The molecule has 0 bridgehead atoms. The Balaban J connectivity index is 2.05. The molecule has 0 radical (unpaired) electrons. The molecule has 0 unspecified atom stereocenters. The minimum absolute atomic E-state index is 0.284. The molecule has 0 saturated carbocycles. The second kappa shape index (κ2) is 6.45. The van der Waals surface area contributed by atoms with E-state index in [1.807, 2.05) is 20.8 Å². The summed E-state index contributed by atoms with van der Waals surface area (Å²) in [5.74, 6) is 0. The number of nitrogens with zero attached hydrogens (tertiary/aromatic N) is 2. The number of likely N-dealkylation sites (tertiary alicyclic amines) is 1. The number of piperidine rings is 1. The van der Waals surface area contributed by atoms with Gasteiger partial charge in [-0.2, -0.15) is 5.26 Å². The zero-order valence-corrected chi connectivity index (χ0v) is 15.1. The Hall–Kier alpha value is -1.28. The van der Waals surface area contributed by atoms with E-state index in [2.05, 4.69) is 34.2 Å². The van der Waals surface area contributed by atoms with Crippen LogP contribution in [-0.4, -0.2) is 29.7 Å². The first kappa shape index (κ1) is 17.1. The molecule has 1 aliphatic heterocycles. The number of carbonyl (C=O) groups excluding carboxylic acids is 1. The summed E-state index contributed by atoms with van der Waals surface area (Å²) in [6.45, 7) is 6.72. The van der Waals surface area contributed by atoms with Crippen molar-refractivity contribution >= 4 is 22.0 Å². The van der Waals surface area contributed by atoms with Crippen LogP contribution < -0.4 is 0 Å². The van der Waals surface area contributed by atoms with Crippen LogP contribution >= 0.6 is 15.9 Å². The Morgan fingerprint density at radius 2 is 2.05 bits per heavy atom. The lowest BCUT2D eigenvalue weighted by Gasteiger charge is -2.39. The van der Waals surface area contributed by atoms with Gasteiger partial charge in [-0.3, -0.25) is 0 Å². The minimum Gasteiger partial charge on any atom is -0.444 e. The number of allylic oxidation sites excluding steroid dienone is 4. The summed E-state index contributed by atoms with van der Waals surface area (Å²) in [5, 5.41) is 9.72. The topological polar surface area (TPSA) is 53.3 Å². The molecule has 1 heterocycles. The molecule has 1 amide bonds. The van der Waals surface area contributed by atoms with Gasteiger partial charge < -0.3 is 9.64 Å². The molecule has 22 heavy (non-hydrogen) atoms. The van der Waals surface area contributed by atoms with E-state index in [-0.39, 0.29) is 6.09 Å². The van der Waals surface area contributed by atoms with Gasteiger partial charge in [0, 0.05) is 13.1 Å². The molecule has 4 nitrogen and oxygen atoms in total. The standard InChI is InChI=1S/C17H23BrN2O2/c1-16(2,3)22-15(21)20-9-7-17(12-19,8-10-20)13-5-4-6-14(18)11-13/h5,11H,4,6-10H2,1-3H3. The van der Waals surface area contributed by atoms with Crippen LogP contribution in [0, 0.1) is 16.7 Å². The molecule has 0 spiro atoms. The number of carbonyl (C=O) groups is 1. The van der Waals surface area contributed by atoms with Crippen LogP contribution in [0.4, 0.5) is 4.79 Å². The molecule has 1 saturated heterocycles. The predicted octanol–water partition coefficient (Wildman–Crippen LogP) is 4.53. The second-order valence-corrected chi connectivity index (χ2v) is 7.97. The maximum Gasteiger partial charge on any atom is 0.410 e. The number of amides is 1. The van der Waals surface area contributed by atoms with E-state index in [9.17, 15) is 10.1 Å². The van der Waals surface area contributed by atoms with E-state index in [4.69, 9.17) is 4.74 Å². The smallest absolute Gasteiger partial charge is 0.410 e. The SMILES string of the molecule is CC(C)(C)OC(=O)N1CCC(C#N)(C2=CCCC(Br)=C2)CC1. The Labute approximate surface area is 140 Å². The zero-order valence-electron chi connectivity index (χ0n) is 13.5. The quantitative estimate of drug-likeness (QED) is 0.684. The van der Waals surface area contributed by atoms with Crippen molar-refractivity contribution in [2.75, 3.05) is 13.1 Å². The number of halogens is 1. The van der Waals surface area contributed by atoms with Gasteiger partial charge in [-0.1, -0.05) is 22.0 Å². The van der Waals surface area contributed by atoms with Crippen molar-refractivity contribution in [3.63, 3.8) is 0 Å². The van der Waals surface area contributed by atoms with Gasteiger partial charge in [0.2, 0.25) is 0 Å². The van der Waals surface area contributed by atoms with Crippen molar-refractivity contribution < 1.29 is 9.53 Å². The Kier molecular flexibility index (Phi) is 5.01. The molecule has 0 atom stereocenters. The van der Waals surface area contributed by atoms with Crippen molar-refractivity contribution in [2.45, 2.75) is 52.1 Å². The van der Waals surface area contributed by atoms with Crippen molar-refractivity contribution in [2.24, 2.45) is 5.41 Å². The summed E-state index contributed by atoms with van der Waals surface area (Å²) in [4.78, 5) is 13.8. The third kappa shape index (κ3) is 3.92. The summed E-state index contributed by atoms with van der Waals surface area (Å²) < 4.78 is 6.56. The van der Waals surface area contributed by atoms with Gasteiger partial charge in [0.15, 0.2) is 0 Å². The van der Waals surface area contributed by atoms with Crippen molar-refractivity contribution in [1.82, 2.24) is 4.90 Å². The largest absolute Gasteiger partial charge is 0.444 e. The van der Waals surface area contributed by atoms with Gasteiger partial charge in [0.1, 0.15) is 5.60 Å². The summed E-state index contributed by atoms with van der Waals surface area (Å²) in [5.41, 5.74) is 0.134.